The lowest BCUT2D eigenvalue weighted by Gasteiger charge is -2.14. The lowest BCUT2D eigenvalue weighted by Crippen LogP contribution is -2.16. The van der Waals surface area contributed by atoms with Gasteiger partial charge in [-0.15, -0.1) is 10.2 Å². The number of nitrogens with one attached hydrogen (secondary N) is 1. The number of thioether (sulfide) groups is 1. The highest BCUT2D eigenvalue weighted by Crippen LogP contribution is 2.31. The smallest absolute Gasteiger partial charge is 0.234 e. The average molecular weight is 489 g/mol. The minimum Gasteiger partial charge on any atom is -0.497 e. The number of methoxy groups -OCH3 is 2. The van der Waals surface area contributed by atoms with Crippen LogP contribution in [0.25, 0.3) is 17.1 Å². The Bertz CT molecular complexity index is 1300. The Kier molecular flexibility index (Phi) is 7.72. The van der Waals surface area contributed by atoms with Crippen LogP contribution >= 0.6 is 11.8 Å². The minimum absolute atomic E-state index is 0.102. The maximum Gasteiger partial charge on any atom is 0.234 e. The van der Waals surface area contributed by atoms with Crippen LogP contribution in [0.2, 0.25) is 0 Å². The number of nitrogens with zero attached hydrogens (tertiary/aromatic N) is 3. The monoisotopic (exact) mass is 488 g/mol. The van der Waals surface area contributed by atoms with E-state index in [-0.39, 0.29) is 11.7 Å². The van der Waals surface area contributed by atoms with Crippen molar-refractivity contribution in [3.63, 3.8) is 0 Å². The number of hydrogen-bond acceptors (Lipinski definition) is 6. The van der Waals surface area contributed by atoms with Gasteiger partial charge in [-0.2, -0.15) is 0 Å². The first-order valence-corrected chi connectivity index (χ1v) is 12.2. The SMILES string of the molecule is COc1ccc(-n2c(SCC(=O)Nc3ccccc3C(C)C)nnc2-c2cccc(OC)c2)cc1. The number of para-hydroxylation sites is 1. The van der Waals surface area contributed by atoms with Crippen molar-refractivity contribution in [2.75, 3.05) is 25.3 Å². The molecule has 0 atom stereocenters. The molecule has 0 spiro atoms. The largest absolute Gasteiger partial charge is 0.497 e. The van der Waals surface area contributed by atoms with E-state index in [1.54, 1.807) is 14.2 Å². The van der Waals surface area contributed by atoms with Gasteiger partial charge >= 0.3 is 0 Å². The summed E-state index contributed by atoms with van der Waals surface area (Å²) in [6, 6.07) is 23.2. The second-order valence-corrected chi connectivity index (χ2v) is 9.09. The zero-order chi connectivity index (χ0) is 24.8. The Morgan fingerprint density at radius 2 is 1.69 bits per heavy atom. The van der Waals surface area contributed by atoms with Gasteiger partial charge in [0, 0.05) is 16.9 Å². The first-order valence-electron chi connectivity index (χ1n) is 11.3. The van der Waals surface area contributed by atoms with Gasteiger partial charge in [0.25, 0.3) is 0 Å². The van der Waals surface area contributed by atoms with E-state index in [1.165, 1.54) is 11.8 Å². The number of amides is 1. The predicted octanol–water partition coefficient (Wildman–Crippen LogP) is 5.81. The fourth-order valence-corrected chi connectivity index (χ4v) is 4.46. The number of carbonyl (C=O) groups excluding carboxylic acids is 1. The van der Waals surface area contributed by atoms with E-state index in [2.05, 4.69) is 29.4 Å². The third-order valence-electron chi connectivity index (χ3n) is 5.48. The molecule has 0 saturated carbocycles. The fraction of sp³-hybridized carbons (Fsp3) is 0.222. The number of carbonyl (C=O) groups is 1. The van der Waals surface area contributed by atoms with Gasteiger partial charge in [-0.05, 0) is 53.9 Å². The number of rotatable bonds is 9. The fourth-order valence-electron chi connectivity index (χ4n) is 3.71. The van der Waals surface area contributed by atoms with Gasteiger partial charge in [0.2, 0.25) is 5.91 Å². The quantitative estimate of drug-likeness (QED) is 0.300. The van der Waals surface area contributed by atoms with E-state index in [0.717, 1.165) is 34.0 Å². The van der Waals surface area contributed by atoms with E-state index >= 15 is 0 Å². The minimum atomic E-state index is -0.102. The normalized spacial score (nSPS) is 10.9. The molecule has 0 saturated heterocycles. The highest BCUT2D eigenvalue weighted by atomic mass is 32.2. The molecule has 0 aliphatic heterocycles. The molecule has 1 amide bonds. The highest BCUT2D eigenvalue weighted by Gasteiger charge is 2.18. The van der Waals surface area contributed by atoms with Crippen molar-refractivity contribution in [3.05, 3.63) is 78.4 Å². The summed E-state index contributed by atoms with van der Waals surface area (Å²) in [5.41, 5.74) is 3.66. The predicted molar refractivity (Wildman–Crippen MR) is 140 cm³/mol. The summed E-state index contributed by atoms with van der Waals surface area (Å²) in [6.07, 6.45) is 0. The zero-order valence-corrected chi connectivity index (χ0v) is 21.0. The summed E-state index contributed by atoms with van der Waals surface area (Å²) in [5, 5.41) is 12.5. The number of aromatic nitrogens is 3. The van der Waals surface area contributed by atoms with Crippen molar-refractivity contribution >= 4 is 23.4 Å². The van der Waals surface area contributed by atoms with Crippen molar-refractivity contribution in [1.82, 2.24) is 14.8 Å². The third-order valence-corrected chi connectivity index (χ3v) is 6.41. The van der Waals surface area contributed by atoms with Crippen LogP contribution in [0.4, 0.5) is 5.69 Å². The summed E-state index contributed by atoms with van der Waals surface area (Å²) < 4.78 is 12.6. The van der Waals surface area contributed by atoms with Crippen LogP contribution in [-0.4, -0.2) is 40.6 Å². The van der Waals surface area contributed by atoms with Crippen LogP contribution < -0.4 is 14.8 Å². The number of ether oxygens (including phenoxy) is 2. The molecular weight excluding hydrogens is 460 g/mol. The van der Waals surface area contributed by atoms with Crippen LogP contribution in [0, 0.1) is 0 Å². The third kappa shape index (κ3) is 5.66. The molecular formula is C27H28N4O3S. The molecule has 0 aliphatic carbocycles. The number of anilines is 1. The van der Waals surface area contributed by atoms with Crippen LogP contribution in [0.3, 0.4) is 0 Å². The molecule has 1 aromatic heterocycles. The summed E-state index contributed by atoms with van der Waals surface area (Å²) in [6.45, 7) is 4.22. The Hall–Kier alpha value is -3.78. The number of hydrogen-bond donors (Lipinski definition) is 1. The molecule has 0 aliphatic rings. The molecule has 180 valence electrons. The summed E-state index contributed by atoms with van der Waals surface area (Å²) >= 11 is 1.33. The lowest BCUT2D eigenvalue weighted by atomic mass is 10.0. The van der Waals surface area contributed by atoms with Crippen molar-refractivity contribution in [1.29, 1.82) is 0 Å². The Labute approximate surface area is 209 Å². The van der Waals surface area contributed by atoms with Gasteiger partial charge < -0.3 is 14.8 Å². The second kappa shape index (κ2) is 11.1. The number of benzene rings is 3. The maximum absolute atomic E-state index is 12.8. The molecule has 35 heavy (non-hydrogen) atoms. The van der Waals surface area contributed by atoms with E-state index in [0.29, 0.717) is 16.9 Å². The van der Waals surface area contributed by atoms with Crippen molar-refractivity contribution in [2.24, 2.45) is 0 Å². The van der Waals surface area contributed by atoms with Crippen LogP contribution in [0.5, 0.6) is 11.5 Å². The molecule has 4 aromatic rings. The molecule has 3 aromatic carbocycles. The highest BCUT2D eigenvalue weighted by molar-refractivity contribution is 7.99. The first kappa shape index (κ1) is 24.3. The molecule has 1 N–H and O–H groups in total. The van der Waals surface area contributed by atoms with Gasteiger partial charge in [0.1, 0.15) is 11.5 Å². The van der Waals surface area contributed by atoms with Gasteiger partial charge in [-0.3, -0.25) is 9.36 Å². The van der Waals surface area contributed by atoms with Crippen molar-refractivity contribution in [3.8, 4) is 28.6 Å². The van der Waals surface area contributed by atoms with Gasteiger partial charge in [-0.25, -0.2) is 0 Å². The van der Waals surface area contributed by atoms with Gasteiger partial charge in [0.15, 0.2) is 11.0 Å². The molecule has 7 nitrogen and oxygen atoms in total. The zero-order valence-electron chi connectivity index (χ0n) is 20.2. The molecule has 1 heterocycles. The van der Waals surface area contributed by atoms with Crippen LogP contribution in [-0.2, 0) is 4.79 Å². The molecule has 8 heteroatoms. The van der Waals surface area contributed by atoms with Crippen LogP contribution in [0.1, 0.15) is 25.3 Å². The lowest BCUT2D eigenvalue weighted by molar-refractivity contribution is -0.113. The average Bonchev–Trinajstić information content (AvgIpc) is 3.31. The first-order chi connectivity index (χ1) is 17.0. The topological polar surface area (TPSA) is 78.3 Å². The molecule has 4 rings (SSSR count). The standard InChI is InChI=1S/C27H28N4O3S/c1-18(2)23-10-5-6-11-24(23)28-25(32)17-35-27-30-29-26(19-8-7-9-22(16-19)34-4)31(27)20-12-14-21(33-3)15-13-20/h5-16,18H,17H2,1-4H3,(H,28,32). The van der Waals surface area contributed by atoms with Gasteiger partial charge in [-0.1, -0.05) is 55.9 Å². The van der Waals surface area contributed by atoms with E-state index in [9.17, 15) is 4.79 Å². The summed E-state index contributed by atoms with van der Waals surface area (Å²) in [4.78, 5) is 12.8. The van der Waals surface area contributed by atoms with Crippen molar-refractivity contribution in [2.45, 2.75) is 24.9 Å². The summed E-state index contributed by atoms with van der Waals surface area (Å²) in [7, 11) is 3.26. The van der Waals surface area contributed by atoms with Gasteiger partial charge in [0.05, 0.1) is 20.0 Å². The summed E-state index contributed by atoms with van der Waals surface area (Å²) in [5.74, 6) is 2.53. The Morgan fingerprint density at radius 3 is 2.40 bits per heavy atom. The molecule has 0 radical (unpaired) electrons. The Morgan fingerprint density at radius 1 is 0.943 bits per heavy atom. The second-order valence-electron chi connectivity index (χ2n) is 8.15. The van der Waals surface area contributed by atoms with Crippen molar-refractivity contribution < 1.29 is 14.3 Å². The molecule has 0 unspecified atom stereocenters. The molecule has 0 fully saturated rings. The molecule has 0 bridgehead atoms. The van der Waals surface area contributed by atoms with E-state index in [4.69, 9.17) is 9.47 Å². The van der Waals surface area contributed by atoms with E-state index < -0.39 is 0 Å². The van der Waals surface area contributed by atoms with Crippen LogP contribution in [0.15, 0.2) is 78.0 Å². The Balaban J connectivity index is 1.62. The van der Waals surface area contributed by atoms with E-state index in [1.807, 2.05) is 77.4 Å². The maximum atomic E-state index is 12.8.